The molecule has 16 heavy (non-hydrogen) atoms. The van der Waals surface area contributed by atoms with Gasteiger partial charge in [-0.05, 0) is 19.1 Å². The fourth-order valence-electron chi connectivity index (χ4n) is 2.04. The van der Waals surface area contributed by atoms with Crippen LogP contribution < -0.4 is 5.73 Å². The molecule has 0 spiro atoms. The van der Waals surface area contributed by atoms with Crippen LogP contribution in [0.3, 0.4) is 0 Å². The summed E-state index contributed by atoms with van der Waals surface area (Å²) in [6, 6.07) is 7.99. The van der Waals surface area contributed by atoms with Crippen LogP contribution in [-0.4, -0.2) is 14.4 Å². The number of para-hydroxylation sites is 1. The van der Waals surface area contributed by atoms with E-state index in [-0.39, 0.29) is 0 Å². The number of hydrogen-bond donors (Lipinski definition) is 1. The first-order chi connectivity index (χ1) is 7.81. The third kappa shape index (κ3) is 1.13. The second-order valence-electron chi connectivity index (χ2n) is 3.81. The predicted octanol–water partition coefficient (Wildman–Crippen LogP) is 1.65. The molecule has 4 heteroatoms. The van der Waals surface area contributed by atoms with Gasteiger partial charge in [0.05, 0.1) is 12.1 Å². The summed E-state index contributed by atoms with van der Waals surface area (Å²) >= 11 is 0. The fraction of sp³-hybridized carbons (Fsp3) is 0.167. The van der Waals surface area contributed by atoms with Gasteiger partial charge in [-0.3, -0.25) is 4.40 Å². The second kappa shape index (κ2) is 3.28. The van der Waals surface area contributed by atoms with Crippen LogP contribution in [-0.2, 0) is 6.54 Å². The lowest BCUT2D eigenvalue weighted by molar-refractivity contribution is 0.870. The van der Waals surface area contributed by atoms with Gasteiger partial charge >= 0.3 is 0 Å². The number of nitrogens with two attached hydrogens (primary N) is 1. The van der Waals surface area contributed by atoms with Gasteiger partial charge in [0, 0.05) is 17.3 Å². The molecule has 2 N–H and O–H groups in total. The minimum Gasteiger partial charge on any atom is -0.324 e. The summed E-state index contributed by atoms with van der Waals surface area (Å²) in [5, 5.41) is 1.06. The first kappa shape index (κ1) is 9.30. The molecule has 3 rings (SSSR count). The van der Waals surface area contributed by atoms with Gasteiger partial charge in [-0.15, -0.1) is 0 Å². The van der Waals surface area contributed by atoms with E-state index in [2.05, 4.69) is 9.97 Å². The van der Waals surface area contributed by atoms with Crippen molar-refractivity contribution in [2.75, 3.05) is 0 Å². The van der Waals surface area contributed by atoms with E-state index < -0.39 is 0 Å². The minimum atomic E-state index is 0.415. The van der Waals surface area contributed by atoms with Crippen molar-refractivity contribution in [2.45, 2.75) is 13.5 Å². The Hall–Kier alpha value is -1.94. The molecular formula is C12H12N4. The summed E-state index contributed by atoms with van der Waals surface area (Å²) < 4.78 is 2.02. The highest BCUT2D eigenvalue weighted by Crippen LogP contribution is 2.19. The van der Waals surface area contributed by atoms with E-state index in [1.807, 2.05) is 41.8 Å². The lowest BCUT2D eigenvalue weighted by Gasteiger charge is -2.06. The molecule has 0 saturated carbocycles. The van der Waals surface area contributed by atoms with Crippen LogP contribution in [0.5, 0.6) is 0 Å². The number of aromatic nitrogens is 3. The number of hydrogen-bond acceptors (Lipinski definition) is 3. The Morgan fingerprint density at radius 2 is 2.12 bits per heavy atom. The zero-order valence-corrected chi connectivity index (χ0v) is 9.01. The van der Waals surface area contributed by atoms with Crippen molar-refractivity contribution in [1.29, 1.82) is 0 Å². The number of nitrogens with zero attached hydrogens (tertiary/aromatic N) is 3. The molecule has 80 valence electrons. The van der Waals surface area contributed by atoms with Crippen molar-refractivity contribution < 1.29 is 0 Å². The molecule has 0 aliphatic heterocycles. The molecule has 0 radical (unpaired) electrons. The molecule has 0 fully saturated rings. The molecule has 0 saturated heterocycles. The molecule has 0 atom stereocenters. The predicted molar refractivity (Wildman–Crippen MR) is 63.1 cm³/mol. The topological polar surface area (TPSA) is 56.2 Å². The molecule has 0 bridgehead atoms. The lowest BCUT2D eigenvalue weighted by atomic mass is 10.2. The first-order valence-corrected chi connectivity index (χ1v) is 5.23. The van der Waals surface area contributed by atoms with Crippen molar-refractivity contribution in [3.05, 3.63) is 42.0 Å². The van der Waals surface area contributed by atoms with Crippen molar-refractivity contribution in [1.82, 2.24) is 14.4 Å². The van der Waals surface area contributed by atoms with Gasteiger partial charge in [0.2, 0.25) is 0 Å². The van der Waals surface area contributed by atoms with Crippen LogP contribution in [0.1, 0.15) is 11.5 Å². The Bertz CT molecular complexity index is 669. The van der Waals surface area contributed by atoms with Gasteiger partial charge in [0.15, 0.2) is 0 Å². The van der Waals surface area contributed by atoms with E-state index >= 15 is 0 Å². The van der Waals surface area contributed by atoms with E-state index in [1.165, 1.54) is 0 Å². The molecule has 0 unspecified atom stereocenters. The van der Waals surface area contributed by atoms with E-state index in [0.29, 0.717) is 6.54 Å². The molecule has 0 amide bonds. The van der Waals surface area contributed by atoms with E-state index in [0.717, 1.165) is 28.1 Å². The SMILES string of the molecule is Cc1cnc2c3ccccc3nc(CN)n12. The third-order valence-electron chi connectivity index (χ3n) is 2.77. The van der Waals surface area contributed by atoms with Crippen LogP contribution in [0.15, 0.2) is 30.5 Å². The van der Waals surface area contributed by atoms with E-state index in [1.54, 1.807) is 0 Å². The van der Waals surface area contributed by atoms with Crippen molar-refractivity contribution in [3.63, 3.8) is 0 Å². The normalized spacial score (nSPS) is 11.4. The quantitative estimate of drug-likeness (QED) is 0.667. The van der Waals surface area contributed by atoms with Gasteiger partial charge in [0.25, 0.3) is 0 Å². The Kier molecular flexibility index (Phi) is 1.91. The largest absolute Gasteiger partial charge is 0.324 e. The Balaban J connectivity index is 2.58. The molecule has 0 aliphatic rings. The Morgan fingerprint density at radius 1 is 1.31 bits per heavy atom. The average Bonchev–Trinajstić information content (AvgIpc) is 2.71. The van der Waals surface area contributed by atoms with Crippen molar-refractivity contribution in [3.8, 4) is 0 Å². The van der Waals surface area contributed by atoms with Crippen LogP contribution in [0.4, 0.5) is 0 Å². The number of fused-ring (bicyclic) bond motifs is 3. The maximum Gasteiger partial charge on any atom is 0.147 e. The monoisotopic (exact) mass is 212 g/mol. The molecule has 2 heterocycles. The van der Waals surface area contributed by atoms with Crippen LogP contribution in [0.2, 0.25) is 0 Å². The summed E-state index contributed by atoms with van der Waals surface area (Å²) in [6.45, 7) is 2.42. The number of rotatable bonds is 1. The molecular weight excluding hydrogens is 200 g/mol. The molecule has 0 aliphatic carbocycles. The second-order valence-corrected chi connectivity index (χ2v) is 3.81. The lowest BCUT2D eigenvalue weighted by Crippen LogP contribution is -2.08. The van der Waals surface area contributed by atoms with Crippen molar-refractivity contribution in [2.24, 2.45) is 5.73 Å². The maximum absolute atomic E-state index is 5.72. The number of imidazole rings is 1. The van der Waals surface area contributed by atoms with Gasteiger partial charge in [-0.2, -0.15) is 0 Å². The summed E-state index contributed by atoms with van der Waals surface area (Å²) in [6.07, 6.45) is 1.85. The van der Waals surface area contributed by atoms with Crippen LogP contribution >= 0.6 is 0 Å². The van der Waals surface area contributed by atoms with Crippen LogP contribution in [0.25, 0.3) is 16.6 Å². The minimum absolute atomic E-state index is 0.415. The van der Waals surface area contributed by atoms with Crippen molar-refractivity contribution >= 4 is 16.6 Å². The van der Waals surface area contributed by atoms with E-state index in [9.17, 15) is 0 Å². The molecule has 3 aromatic rings. The number of aryl methyl sites for hydroxylation is 1. The summed E-state index contributed by atoms with van der Waals surface area (Å²) in [5.74, 6) is 0.851. The van der Waals surface area contributed by atoms with E-state index in [4.69, 9.17) is 5.73 Å². The summed E-state index contributed by atoms with van der Waals surface area (Å²) in [7, 11) is 0. The number of benzene rings is 1. The average molecular weight is 212 g/mol. The maximum atomic E-state index is 5.72. The van der Waals surface area contributed by atoms with Gasteiger partial charge in [-0.1, -0.05) is 12.1 Å². The Labute approximate surface area is 92.7 Å². The third-order valence-corrected chi connectivity index (χ3v) is 2.77. The van der Waals surface area contributed by atoms with Gasteiger partial charge in [0.1, 0.15) is 11.5 Å². The summed E-state index contributed by atoms with van der Waals surface area (Å²) in [5.41, 5.74) is 8.67. The smallest absolute Gasteiger partial charge is 0.147 e. The zero-order valence-electron chi connectivity index (χ0n) is 9.01. The Morgan fingerprint density at radius 3 is 2.94 bits per heavy atom. The molecule has 2 aromatic heterocycles. The molecule has 4 nitrogen and oxygen atoms in total. The van der Waals surface area contributed by atoms with Gasteiger partial charge in [-0.25, -0.2) is 9.97 Å². The first-order valence-electron chi connectivity index (χ1n) is 5.23. The summed E-state index contributed by atoms with van der Waals surface area (Å²) in [4.78, 5) is 8.98. The molecule has 1 aromatic carbocycles. The fourth-order valence-corrected chi connectivity index (χ4v) is 2.04. The van der Waals surface area contributed by atoms with Gasteiger partial charge < -0.3 is 5.73 Å². The van der Waals surface area contributed by atoms with Crippen LogP contribution in [0, 0.1) is 6.92 Å². The standard InChI is InChI=1S/C12H12N4/c1-8-7-14-12-9-4-2-3-5-10(9)15-11(6-13)16(8)12/h2-5,7H,6,13H2,1H3. The zero-order chi connectivity index (χ0) is 11.1. The highest BCUT2D eigenvalue weighted by Gasteiger charge is 2.09. The highest BCUT2D eigenvalue weighted by molar-refractivity contribution is 5.91. The highest BCUT2D eigenvalue weighted by atomic mass is 15.1.